The number of hydrogen-bond acceptors (Lipinski definition) is 4. The van der Waals surface area contributed by atoms with Gasteiger partial charge >= 0.3 is 0 Å². The van der Waals surface area contributed by atoms with Gasteiger partial charge in [0.2, 0.25) is 5.89 Å². The van der Waals surface area contributed by atoms with E-state index in [9.17, 15) is 0 Å². The van der Waals surface area contributed by atoms with E-state index in [4.69, 9.17) is 4.52 Å². The van der Waals surface area contributed by atoms with Gasteiger partial charge in [-0.2, -0.15) is 4.98 Å². The summed E-state index contributed by atoms with van der Waals surface area (Å²) in [7, 11) is 0. The van der Waals surface area contributed by atoms with E-state index in [1.54, 1.807) is 0 Å². The predicted octanol–water partition coefficient (Wildman–Crippen LogP) is 3.70. The number of likely N-dealkylation sites (tertiary alicyclic amines) is 1. The molecule has 0 atom stereocenters. The van der Waals surface area contributed by atoms with Crippen molar-refractivity contribution in [2.75, 3.05) is 13.1 Å². The topological polar surface area (TPSA) is 42.2 Å². The number of benzene rings is 2. The molecule has 4 nitrogen and oxygen atoms in total. The maximum absolute atomic E-state index is 5.45. The average Bonchev–Trinajstić information content (AvgIpc) is 3.29. The van der Waals surface area contributed by atoms with E-state index in [-0.39, 0.29) is 0 Å². The third kappa shape index (κ3) is 2.43. The fourth-order valence-electron chi connectivity index (χ4n) is 3.45. The third-order valence-corrected chi connectivity index (χ3v) is 4.98. The molecule has 2 aromatic carbocycles. The van der Waals surface area contributed by atoms with Crippen LogP contribution in [0.5, 0.6) is 0 Å². The molecule has 2 fully saturated rings. The minimum absolute atomic E-state index is 0.407. The molecular weight excluding hydrogens is 286 g/mol. The summed E-state index contributed by atoms with van der Waals surface area (Å²) >= 11 is 0. The Kier molecular flexibility index (Phi) is 2.98. The van der Waals surface area contributed by atoms with E-state index in [2.05, 4.69) is 57.5 Å². The average molecular weight is 305 g/mol. The number of nitrogens with zero attached hydrogens (tertiary/aromatic N) is 3. The molecule has 1 aliphatic carbocycles. The van der Waals surface area contributed by atoms with Gasteiger partial charge in [-0.3, -0.25) is 4.90 Å². The van der Waals surface area contributed by atoms with Crippen molar-refractivity contribution in [3.05, 3.63) is 59.7 Å². The second-order valence-corrected chi connectivity index (χ2v) is 6.79. The van der Waals surface area contributed by atoms with Crippen molar-refractivity contribution in [2.24, 2.45) is 0 Å². The summed E-state index contributed by atoms with van der Waals surface area (Å²) < 4.78 is 5.45. The molecule has 0 bridgehead atoms. The third-order valence-electron chi connectivity index (χ3n) is 4.98. The Balaban J connectivity index is 1.27. The summed E-state index contributed by atoms with van der Waals surface area (Å²) in [5.74, 6) is 2.73. The highest BCUT2D eigenvalue weighted by atomic mass is 16.5. The predicted molar refractivity (Wildman–Crippen MR) is 88.2 cm³/mol. The fraction of sp³-hybridized carbons (Fsp3) is 0.368. The summed E-state index contributed by atoms with van der Waals surface area (Å²) in [5.41, 5.74) is 1.39. The molecule has 2 aliphatic rings. The lowest BCUT2D eigenvalue weighted by Crippen LogP contribution is -2.44. The molecule has 0 unspecified atom stereocenters. The van der Waals surface area contributed by atoms with Gasteiger partial charge in [-0.05, 0) is 29.2 Å². The van der Waals surface area contributed by atoms with Crippen LogP contribution in [0, 0.1) is 0 Å². The highest BCUT2D eigenvalue weighted by Gasteiger charge is 2.35. The summed E-state index contributed by atoms with van der Waals surface area (Å²) in [6.45, 7) is 3.01. The minimum atomic E-state index is 0.407. The first-order chi connectivity index (χ1) is 11.4. The molecule has 0 radical (unpaired) electrons. The minimum Gasteiger partial charge on any atom is -0.339 e. The molecule has 1 saturated carbocycles. The van der Waals surface area contributed by atoms with Gasteiger partial charge in [-0.15, -0.1) is 0 Å². The zero-order chi connectivity index (χ0) is 15.2. The Morgan fingerprint density at radius 3 is 2.70 bits per heavy atom. The first-order valence-electron chi connectivity index (χ1n) is 8.39. The van der Waals surface area contributed by atoms with Gasteiger partial charge in [0.05, 0.1) is 5.92 Å². The lowest BCUT2D eigenvalue weighted by Gasteiger charge is -2.37. The van der Waals surface area contributed by atoms with Crippen LogP contribution in [0.15, 0.2) is 47.0 Å². The van der Waals surface area contributed by atoms with Gasteiger partial charge in [0, 0.05) is 25.6 Å². The number of hydrogen-bond donors (Lipinski definition) is 0. The van der Waals surface area contributed by atoms with Crippen molar-refractivity contribution in [1.82, 2.24) is 15.0 Å². The Morgan fingerprint density at radius 2 is 1.83 bits per heavy atom. The molecule has 4 heteroatoms. The second-order valence-electron chi connectivity index (χ2n) is 6.79. The molecule has 0 N–H and O–H groups in total. The normalized spacial score (nSPS) is 19.1. The molecule has 1 saturated heterocycles. The smallest absolute Gasteiger partial charge is 0.232 e. The Hall–Kier alpha value is -2.20. The van der Waals surface area contributed by atoms with Crippen molar-refractivity contribution in [3.63, 3.8) is 0 Å². The largest absolute Gasteiger partial charge is 0.339 e. The van der Waals surface area contributed by atoms with Gasteiger partial charge < -0.3 is 4.52 Å². The van der Waals surface area contributed by atoms with Crippen molar-refractivity contribution < 1.29 is 4.52 Å². The van der Waals surface area contributed by atoms with Gasteiger partial charge in [-0.25, -0.2) is 0 Å². The molecule has 23 heavy (non-hydrogen) atoms. The summed E-state index contributed by atoms with van der Waals surface area (Å²) in [4.78, 5) is 7.03. The molecule has 0 spiro atoms. The molecule has 2 heterocycles. The summed E-state index contributed by atoms with van der Waals surface area (Å²) in [6.07, 6.45) is 2.44. The first kappa shape index (κ1) is 13.3. The lowest BCUT2D eigenvalue weighted by molar-refractivity contribution is 0.118. The van der Waals surface area contributed by atoms with Crippen molar-refractivity contribution in [3.8, 4) is 0 Å². The van der Waals surface area contributed by atoms with Crippen LogP contribution < -0.4 is 0 Å². The van der Waals surface area contributed by atoms with Gasteiger partial charge in [0.15, 0.2) is 5.82 Å². The first-order valence-corrected chi connectivity index (χ1v) is 8.39. The van der Waals surface area contributed by atoms with Gasteiger partial charge in [-0.1, -0.05) is 47.6 Å². The van der Waals surface area contributed by atoms with E-state index >= 15 is 0 Å². The van der Waals surface area contributed by atoms with Crippen LogP contribution in [0.25, 0.3) is 10.8 Å². The molecule has 5 rings (SSSR count). The molecule has 1 aliphatic heterocycles. The van der Waals surface area contributed by atoms with Crippen molar-refractivity contribution in [2.45, 2.75) is 31.2 Å². The van der Waals surface area contributed by atoms with Crippen LogP contribution in [0.1, 0.15) is 42.0 Å². The van der Waals surface area contributed by atoms with E-state index in [1.165, 1.54) is 29.2 Å². The van der Waals surface area contributed by atoms with E-state index < -0.39 is 0 Å². The Bertz CT molecular complexity index is 841. The van der Waals surface area contributed by atoms with Crippen molar-refractivity contribution >= 4 is 10.8 Å². The summed E-state index contributed by atoms with van der Waals surface area (Å²) in [5, 5.41) is 6.79. The quantitative estimate of drug-likeness (QED) is 0.737. The van der Waals surface area contributed by atoms with Gasteiger partial charge in [0.1, 0.15) is 0 Å². The molecule has 1 aromatic heterocycles. The maximum Gasteiger partial charge on any atom is 0.232 e. The molecule has 3 aromatic rings. The number of rotatable bonds is 4. The molecule has 0 amide bonds. The molecular formula is C19H19N3O. The van der Waals surface area contributed by atoms with Crippen LogP contribution in [0.4, 0.5) is 0 Å². The Morgan fingerprint density at radius 1 is 1.00 bits per heavy atom. The zero-order valence-electron chi connectivity index (χ0n) is 13.0. The van der Waals surface area contributed by atoms with Crippen molar-refractivity contribution in [1.29, 1.82) is 0 Å². The number of fused-ring (bicyclic) bond motifs is 1. The van der Waals surface area contributed by atoms with Crippen LogP contribution >= 0.6 is 0 Å². The highest BCUT2D eigenvalue weighted by Crippen LogP contribution is 2.39. The lowest BCUT2D eigenvalue weighted by atomic mass is 9.97. The van der Waals surface area contributed by atoms with E-state index in [1.807, 2.05) is 0 Å². The van der Waals surface area contributed by atoms with Crippen LogP contribution in [0.2, 0.25) is 0 Å². The van der Waals surface area contributed by atoms with E-state index in [0.717, 1.165) is 31.3 Å². The van der Waals surface area contributed by atoms with Crippen LogP contribution in [-0.4, -0.2) is 28.1 Å². The fourth-order valence-corrected chi connectivity index (χ4v) is 3.45. The SMILES string of the molecule is c1ccc2c(CN3CC(c4nc(C5CC5)no4)C3)cccc2c1. The van der Waals surface area contributed by atoms with Gasteiger partial charge in [0.25, 0.3) is 0 Å². The number of aromatic nitrogens is 2. The Labute approximate surface area is 135 Å². The van der Waals surface area contributed by atoms with Crippen LogP contribution in [-0.2, 0) is 6.54 Å². The standard InChI is InChI=1S/C19H19N3O/c1-2-7-17-13(4-1)5-3-6-15(17)10-22-11-16(12-22)19-20-18(21-23-19)14-8-9-14/h1-7,14,16H,8-12H2. The van der Waals surface area contributed by atoms with Crippen LogP contribution in [0.3, 0.4) is 0 Å². The summed E-state index contributed by atoms with van der Waals surface area (Å²) in [6, 6.07) is 15.1. The zero-order valence-corrected chi connectivity index (χ0v) is 13.0. The highest BCUT2D eigenvalue weighted by molar-refractivity contribution is 5.85. The second kappa shape index (κ2) is 5.17. The maximum atomic E-state index is 5.45. The molecule has 116 valence electrons. The van der Waals surface area contributed by atoms with E-state index in [0.29, 0.717) is 11.8 Å². The monoisotopic (exact) mass is 305 g/mol.